The zero-order chi connectivity index (χ0) is 17.9. The van der Waals surface area contributed by atoms with E-state index in [4.69, 9.17) is 16.3 Å². The van der Waals surface area contributed by atoms with Crippen molar-refractivity contribution in [3.05, 3.63) is 27.3 Å². The average molecular weight is 434 g/mol. The molecule has 1 spiro atoms. The Hall–Kier alpha value is -1.71. The first kappa shape index (κ1) is 16.5. The monoisotopic (exact) mass is 432 g/mol. The molecule has 1 saturated heterocycles. The van der Waals surface area contributed by atoms with Crippen molar-refractivity contribution >= 4 is 33.2 Å². The number of aryl methyl sites for hydroxylation is 1. The van der Waals surface area contributed by atoms with Crippen LogP contribution in [-0.4, -0.2) is 29.5 Å². The van der Waals surface area contributed by atoms with Gasteiger partial charge in [0.05, 0.1) is 44.8 Å². The van der Waals surface area contributed by atoms with Crippen molar-refractivity contribution in [3.63, 3.8) is 0 Å². The third kappa shape index (κ3) is 2.44. The van der Waals surface area contributed by atoms with Gasteiger partial charge >= 0.3 is 0 Å². The summed E-state index contributed by atoms with van der Waals surface area (Å²) in [5.41, 5.74) is 3.59. The van der Waals surface area contributed by atoms with E-state index in [2.05, 4.69) is 32.0 Å². The fraction of sp³-hybridized carbons (Fsp3) is 0.474. The summed E-state index contributed by atoms with van der Waals surface area (Å²) in [5, 5.41) is 15.2. The van der Waals surface area contributed by atoms with Crippen molar-refractivity contribution in [2.45, 2.75) is 32.2 Å². The van der Waals surface area contributed by atoms with Gasteiger partial charge < -0.3 is 9.64 Å². The topological polar surface area (TPSA) is 54.1 Å². The van der Waals surface area contributed by atoms with Gasteiger partial charge in [0.2, 0.25) is 0 Å². The van der Waals surface area contributed by atoms with Crippen LogP contribution in [0, 0.1) is 16.7 Å². The molecule has 2 aromatic rings. The largest absolute Gasteiger partial charge is 0.493 e. The van der Waals surface area contributed by atoms with Crippen LogP contribution in [0.5, 0.6) is 5.75 Å². The van der Waals surface area contributed by atoms with Gasteiger partial charge in [-0.3, -0.25) is 4.68 Å². The maximum absolute atomic E-state index is 10.1. The van der Waals surface area contributed by atoms with E-state index in [0.29, 0.717) is 28.4 Å². The smallest absolute Gasteiger partial charge is 0.131 e. The SMILES string of the molecule is N#Cc1c2c(cc(Cl)c1N1CCC3(CC3)C1)OCCCn1ncc(Br)c1-2. The van der Waals surface area contributed by atoms with Crippen LogP contribution >= 0.6 is 27.5 Å². The van der Waals surface area contributed by atoms with Gasteiger partial charge in [0.25, 0.3) is 0 Å². The number of anilines is 1. The maximum atomic E-state index is 10.1. The van der Waals surface area contributed by atoms with E-state index in [1.807, 2.05) is 10.7 Å². The molecule has 0 amide bonds. The van der Waals surface area contributed by atoms with Crippen molar-refractivity contribution in [1.29, 1.82) is 5.26 Å². The molecule has 1 saturated carbocycles. The third-order valence-corrected chi connectivity index (χ3v) is 6.71. The van der Waals surface area contributed by atoms with E-state index in [0.717, 1.165) is 47.5 Å². The highest BCUT2D eigenvalue weighted by Crippen LogP contribution is 2.55. The van der Waals surface area contributed by atoms with Gasteiger partial charge in [-0.05, 0) is 40.6 Å². The van der Waals surface area contributed by atoms with E-state index in [9.17, 15) is 5.26 Å². The molecule has 26 heavy (non-hydrogen) atoms. The van der Waals surface area contributed by atoms with Gasteiger partial charge in [-0.15, -0.1) is 0 Å². The molecule has 1 aromatic heterocycles. The number of benzene rings is 1. The molecule has 0 radical (unpaired) electrons. The lowest BCUT2D eigenvalue weighted by Gasteiger charge is -2.26. The Labute approximate surface area is 165 Å². The van der Waals surface area contributed by atoms with Crippen molar-refractivity contribution < 1.29 is 4.74 Å². The van der Waals surface area contributed by atoms with E-state index >= 15 is 0 Å². The van der Waals surface area contributed by atoms with Gasteiger partial charge in [-0.2, -0.15) is 10.4 Å². The predicted molar refractivity (Wildman–Crippen MR) is 104 cm³/mol. The quantitative estimate of drug-likeness (QED) is 0.659. The molecule has 2 aliphatic heterocycles. The Bertz CT molecular complexity index is 944. The number of fused-ring (bicyclic) bond motifs is 3. The molecule has 7 heteroatoms. The minimum atomic E-state index is 0.458. The second-order valence-electron chi connectivity index (χ2n) is 7.50. The maximum Gasteiger partial charge on any atom is 0.131 e. The second kappa shape index (κ2) is 5.90. The van der Waals surface area contributed by atoms with Crippen LogP contribution in [0.15, 0.2) is 16.7 Å². The molecule has 0 atom stereocenters. The first-order chi connectivity index (χ1) is 12.6. The van der Waals surface area contributed by atoms with Crippen molar-refractivity contribution in [3.8, 4) is 23.1 Å². The fourth-order valence-electron chi connectivity index (χ4n) is 4.27. The highest BCUT2D eigenvalue weighted by Gasteiger charge is 2.48. The number of nitriles is 1. The molecule has 0 bridgehead atoms. The van der Waals surface area contributed by atoms with Crippen LogP contribution in [-0.2, 0) is 6.54 Å². The lowest BCUT2D eigenvalue weighted by Crippen LogP contribution is -2.22. The summed E-state index contributed by atoms with van der Waals surface area (Å²) < 4.78 is 8.81. The van der Waals surface area contributed by atoms with E-state index < -0.39 is 0 Å². The summed E-state index contributed by atoms with van der Waals surface area (Å²) >= 11 is 10.3. The van der Waals surface area contributed by atoms with Gasteiger partial charge in [0, 0.05) is 32.1 Å². The Morgan fingerprint density at radius 2 is 2.15 bits per heavy atom. The third-order valence-electron chi connectivity index (χ3n) is 5.84. The fourth-order valence-corrected chi connectivity index (χ4v) is 5.08. The Balaban J connectivity index is 1.74. The summed E-state index contributed by atoms with van der Waals surface area (Å²) in [6, 6.07) is 4.30. The van der Waals surface area contributed by atoms with Gasteiger partial charge in [-0.1, -0.05) is 11.6 Å². The highest BCUT2D eigenvalue weighted by molar-refractivity contribution is 9.10. The summed E-state index contributed by atoms with van der Waals surface area (Å²) in [5.74, 6) is 0.665. The molecule has 3 aliphatic rings. The lowest BCUT2D eigenvalue weighted by molar-refractivity contribution is 0.295. The number of nitrogens with zero attached hydrogens (tertiary/aromatic N) is 4. The Morgan fingerprint density at radius 3 is 2.88 bits per heavy atom. The van der Waals surface area contributed by atoms with Gasteiger partial charge in [-0.25, -0.2) is 0 Å². The Kier molecular flexibility index (Phi) is 3.74. The number of rotatable bonds is 1. The molecule has 2 fully saturated rings. The molecule has 134 valence electrons. The Morgan fingerprint density at radius 1 is 1.31 bits per heavy atom. The average Bonchev–Trinajstić information content (AvgIpc) is 3.09. The first-order valence-electron chi connectivity index (χ1n) is 8.98. The van der Waals surface area contributed by atoms with Gasteiger partial charge in [0.15, 0.2) is 0 Å². The summed E-state index contributed by atoms with van der Waals surface area (Å²) in [7, 11) is 0. The number of hydrogen-bond acceptors (Lipinski definition) is 4. The molecule has 5 nitrogen and oxygen atoms in total. The first-order valence-corrected chi connectivity index (χ1v) is 10.1. The van der Waals surface area contributed by atoms with Crippen LogP contribution in [0.25, 0.3) is 11.3 Å². The molecule has 3 heterocycles. The molecule has 0 N–H and O–H groups in total. The van der Waals surface area contributed by atoms with Crippen LogP contribution in [0.4, 0.5) is 5.69 Å². The number of hydrogen-bond donors (Lipinski definition) is 0. The number of halogens is 2. The summed E-state index contributed by atoms with van der Waals surface area (Å²) in [6.07, 6.45) is 6.40. The second-order valence-corrected chi connectivity index (χ2v) is 8.77. The van der Waals surface area contributed by atoms with Crippen LogP contribution in [0.3, 0.4) is 0 Å². The predicted octanol–water partition coefficient (Wildman–Crippen LogP) is 4.61. The van der Waals surface area contributed by atoms with Crippen LogP contribution in [0.1, 0.15) is 31.2 Å². The van der Waals surface area contributed by atoms with Crippen molar-refractivity contribution in [2.75, 3.05) is 24.6 Å². The standard InChI is InChI=1S/C19H18BrClN4O/c20-13-10-23-25-5-1-7-26-15-8-14(21)17(12(9-22)16(15)18(13)25)24-6-4-19(11-24)2-3-19/h8,10H,1-7,11H2. The van der Waals surface area contributed by atoms with E-state index in [-0.39, 0.29) is 0 Å². The molecular formula is C19H18BrClN4O. The van der Waals surface area contributed by atoms with Crippen LogP contribution < -0.4 is 9.64 Å². The molecule has 1 aromatic carbocycles. The van der Waals surface area contributed by atoms with Gasteiger partial charge in [0.1, 0.15) is 11.8 Å². The molecule has 0 unspecified atom stereocenters. The minimum absolute atomic E-state index is 0.458. The number of ether oxygens (including phenoxy) is 1. The highest BCUT2D eigenvalue weighted by atomic mass is 79.9. The van der Waals surface area contributed by atoms with Crippen molar-refractivity contribution in [2.24, 2.45) is 5.41 Å². The molecule has 5 rings (SSSR count). The number of aromatic nitrogens is 2. The molecule has 1 aliphatic carbocycles. The normalized spacial score (nSPS) is 20.0. The molecular weight excluding hydrogens is 416 g/mol. The lowest BCUT2D eigenvalue weighted by atomic mass is 10.00. The summed E-state index contributed by atoms with van der Waals surface area (Å²) in [6.45, 7) is 3.28. The summed E-state index contributed by atoms with van der Waals surface area (Å²) in [4.78, 5) is 2.29. The minimum Gasteiger partial charge on any atom is -0.493 e. The van der Waals surface area contributed by atoms with Crippen LogP contribution in [0.2, 0.25) is 5.02 Å². The van der Waals surface area contributed by atoms with Crippen molar-refractivity contribution in [1.82, 2.24) is 9.78 Å². The zero-order valence-electron chi connectivity index (χ0n) is 14.3. The van der Waals surface area contributed by atoms with E-state index in [1.165, 1.54) is 19.3 Å². The van der Waals surface area contributed by atoms with E-state index in [1.54, 1.807) is 6.20 Å². The zero-order valence-corrected chi connectivity index (χ0v) is 16.6.